The fraction of sp³-hybridized carbons (Fsp3) is 0.500. The van der Waals surface area contributed by atoms with Crippen LogP contribution in [0.5, 0.6) is 0 Å². The molecule has 0 spiro atoms. The number of rotatable bonds is 11. The van der Waals surface area contributed by atoms with Gasteiger partial charge in [-0.05, 0) is 17.9 Å². The average Bonchev–Trinajstić information content (AvgIpc) is 3.24. The van der Waals surface area contributed by atoms with Crippen molar-refractivity contribution in [2.75, 3.05) is 24.7 Å². The number of likely N-dealkylation sites (tertiary alicyclic amines) is 1. The van der Waals surface area contributed by atoms with Crippen molar-refractivity contribution in [1.29, 1.82) is 0 Å². The summed E-state index contributed by atoms with van der Waals surface area (Å²) in [6.07, 6.45) is 5.89. The minimum absolute atomic E-state index is 0.0690. The first kappa shape index (κ1) is 24.7. The molecule has 2 rings (SSSR count). The van der Waals surface area contributed by atoms with E-state index >= 15 is 0 Å². The molecule has 1 saturated heterocycles. The zero-order valence-electron chi connectivity index (χ0n) is 16.8. The third kappa shape index (κ3) is 7.90. The summed E-state index contributed by atoms with van der Waals surface area (Å²) in [6.45, 7) is 0.343. The van der Waals surface area contributed by atoms with Crippen LogP contribution in [0.15, 0.2) is 17.5 Å². The number of carboxylic acids is 1. The number of carbonyl (C=O) groups is 4. The van der Waals surface area contributed by atoms with Crippen LogP contribution in [0.25, 0.3) is 0 Å². The fourth-order valence-corrected chi connectivity index (χ4v) is 4.60. The maximum absolute atomic E-state index is 13.1. The van der Waals surface area contributed by atoms with E-state index in [0.29, 0.717) is 6.42 Å². The van der Waals surface area contributed by atoms with Gasteiger partial charge in [0.2, 0.25) is 17.7 Å². The molecule has 2 heterocycles. The number of nitrogens with one attached hydrogen (secondary N) is 1. The molecule has 1 aromatic heterocycles. The Balaban J connectivity index is 2.10. The molecular formula is C20H25N3O6S2. The van der Waals surface area contributed by atoms with Gasteiger partial charge in [0.15, 0.2) is 0 Å². The van der Waals surface area contributed by atoms with E-state index in [2.05, 4.69) is 11.2 Å². The molecule has 4 N–H and O–H groups in total. The predicted octanol–water partition coefficient (Wildman–Crippen LogP) is 0.0879. The Bertz CT molecular complexity index is 823. The molecule has 1 aliphatic heterocycles. The highest BCUT2D eigenvalue weighted by molar-refractivity contribution is 8.00. The molecule has 1 aromatic rings. The lowest BCUT2D eigenvalue weighted by atomic mass is 9.97. The topological polar surface area (TPSA) is 139 Å². The molecule has 0 saturated carbocycles. The maximum atomic E-state index is 13.1. The summed E-state index contributed by atoms with van der Waals surface area (Å²) in [5.41, 5.74) is 5.48. The van der Waals surface area contributed by atoms with E-state index in [4.69, 9.17) is 22.0 Å². The number of aliphatic carboxylic acids is 1. The summed E-state index contributed by atoms with van der Waals surface area (Å²) in [7, 11) is 0. The van der Waals surface area contributed by atoms with Crippen LogP contribution in [0.1, 0.15) is 17.7 Å². The van der Waals surface area contributed by atoms with Gasteiger partial charge >= 0.3 is 5.97 Å². The molecule has 1 fully saturated rings. The van der Waals surface area contributed by atoms with Crippen LogP contribution in [0.4, 0.5) is 0 Å². The number of nitrogens with zero attached hydrogens (tertiary/aromatic N) is 1. The number of ether oxygens (including phenoxy) is 1. The first-order valence-electron chi connectivity index (χ1n) is 9.58. The molecule has 3 atom stereocenters. The van der Waals surface area contributed by atoms with Gasteiger partial charge in [-0.1, -0.05) is 12.0 Å². The summed E-state index contributed by atoms with van der Waals surface area (Å²) >= 11 is 2.40. The van der Waals surface area contributed by atoms with E-state index in [-0.39, 0.29) is 49.5 Å². The van der Waals surface area contributed by atoms with Gasteiger partial charge in [-0.3, -0.25) is 19.2 Å². The van der Waals surface area contributed by atoms with E-state index in [9.17, 15) is 19.2 Å². The lowest BCUT2D eigenvalue weighted by molar-refractivity contribution is -0.144. The van der Waals surface area contributed by atoms with Crippen LogP contribution in [0, 0.1) is 12.3 Å². The first-order chi connectivity index (χ1) is 14.8. The van der Waals surface area contributed by atoms with E-state index in [1.165, 1.54) is 16.2 Å². The molecule has 0 unspecified atom stereocenters. The highest BCUT2D eigenvalue weighted by Gasteiger charge is 2.37. The van der Waals surface area contributed by atoms with Crippen LogP contribution in [-0.4, -0.2) is 76.5 Å². The van der Waals surface area contributed by atoms with Gasteiger partial charge in [-0.15, -0.1) is 29.5 Å². The van der Waals surface area contributed by atoms with Gasteiger partial charge in [0.05, 0.1) is 17.6 Å². The van der Waals surface area contributed by atoms with Crippen molar-refractivity contribution in [2.24, 2.45) is 5.73 Å². The van der Waals surface area contributed by atoms with E-state index in [0.717, 1.165) is 16.6 Å². The number of carbonyl (C=O) groups excluding carboxylic acids is 3. The molecule has 31 heavy (non-hydrogen) atoms. The van der Waals surface area contributed by atoms with Crippen LogP contribution < -0.4 is 11.1 Å². The van der Waals surface area contributed by atoms with Gasteiger partial charge in [0.1, 0.15) is 18.7 Å². The number of primary amides is 1. The highest BCUT2D eigenvalue weighted by atomic mass is 32.2. The summed E-state index contributed by atoms with van der Waals surface area (Å²) < 4.78 is 5.56. The molecule has 0 bridgehead atoms. The number of thioether (sulfide) groups is 1. The van der Waals surface area contributed by atoms with Crippen molar-refractivity contribution in [2.45, 2.75) is 37.5 Å². The zero-order chi connectivity index (χ0) is 22.8. The van der Waals surface area contributed by atoms with Crippen molar-refractivity contribution in [1.82, 2.24) is 10.2 Å². The molecule has 9 nitrogen and oxygen atoms in total. The minimum atomic E-state index is -1.02. The third-order valence-corrected chi connectivity index (χ3v) is 6.48. The quantitative estimate of drug-likeness (QED) is 0.392. The van der Waals surface area contributed by atoms with Crippen molar-refractivity contribution in [3.8, 4) is 12.3 Å². The molecular weight excluding hydrogens is 442 g/mol. The SMILES string of the molecule is C#CCO[C@@H]1CCN(C(=O)CSCC(=O)O)[C@H](C(=O)N[C@@H](Cc2cccs2)C(N)=O)C1. The number of terminal acetylenes is 1. The maximum Gasteiger partial charge on any atom is 0.313 e. The van der Waals surface area contributed by atoms with Crippen LogP contribution in [0.2, 0.25) is 0 Å². The number of amides is 3. The Hall–Kier alpha value is -2.55. The van der Waals surface area contributed by atoms with Gasteiger partial charge in [-0.2, -0.15) is 0 Å². The summed E-state index contributed by atoms with van der Waals surface area (Å²) in [5.74, 6) is -0.456. The molecule has 0 aliphatic carbocycles. The van der Waals surface area contributed by atoms with E-state index in [1.807, 2.05) is 17.5 Å². The van der Waals surface area contributed by atoms with Gasteiger partial charge in [0.25, 0.3) is 0 Å². The van der Waals surface area contributed by atoms with E-state index in [1.54, 1.807) is 0 Å². The molecule has 0 aromatic carbocycles. The Morgan fingerprint density at radius 3 is 2.81 bits per heavy atom. The number of hydrogen-bond donors (Lipinski definition) is 3. The second-order valence-electron chi connectivity index (χ2n) is 6.90. The summed E-state index contributed by atoms with van der Waals surface area (Å²) in [6, 6.07) is 1.88. The van der Waals surface area contributed by atoms with Crippen molar-refractivity contribution in [3.63, 3.8) is 0 Å². The van der Waals surface area contributed by atoms with Crippen molar-refractivity contribution >= 4 is 46.8 Å². The first-order valence-corrected chi connectivity index (χ1v) is 11.6. The second-order valence-corrected chi connectivity index (χ2v) is 8.92. The molecule has 1 aliphatic rings. The smallest absolute Gasteiger partial charge is 0.313 e. The monoisotopic (exact) mass is 467 g/mol. The number of thiophene rings is 1. The zero-order valence-corrected chi connectivity index (χ0v) is 18.5. The number of piperidine rings is 1. The number of carboxylic acid groups (broad SMARTS) is 1. The Labute approximate surface area is 188 Å². The summed E-state index contributed by atoms with van der Waals surface area (Å²) in [4.78, 5) is 50.6. The third-order valence-electron chi connectivity index (χ3n) is 4.68. The van der Waals surface area contributed by atoms with Crippen LogP contribution in [0.3, 0.4) is 0 Å². The lowest BCUT2D eigenvalue weighted by Crippen LogP contribution is -2.58. The van der Waals surface area contributed by atoms with Gasteiger partial charge in [0, 0.05) is 24.3 Å². The second kappa shape index (κ2) is 12.3. The van der Waals surface area contributed by atoms with Crippen LogP contribution >= 0.6 is 23.1 Å². The Morgan fingerprint density at radius 1 is 1.42 bits per heavy atom. The molecule has 11 heteroatoms. The lowest BCUT2D eigenvalue weighted by Gasteiger charge is -2.38. The van der Waals surface area contributed by atoms with Crippen LogP contribution in [-0.2, 0) is 30.3 Å². The molecule has 0 radical (unpaired) electrons. The van der Waals surface area contributed by atoms with Gasteiger partial charge < -0.3 is 25.8 Å². The highest BCUT2D eigenvalue weighted by Crippen LogP contribution is 2.22. The number of nitrogens with two attached hydrogens (primary N) is 1. The largest absolute Gasteiger partial charge is 0.481 e. The van der Waals surface area contributed by atoms with Crippen molar-refractivity contribution in [3.05, 3.63) is 22.4 Å². The summed E-state index contributed by atoms with van der Waals surface area (Å²) in [5, 5.41) is 13.3. The van der Waals surface area contributed by atoms with Crippen molar-refractivity contribution < 1.29 is 29.0 Å². The van der Waals surface area contributed by atoms with E-state index < -0.39 is 29.9 Å². The van der Waals surface area contributed by atoms with Gasteiger partial charge in [-0.25, -0.2) is 0 Å². The normalized spacial score (nSPS) is 19.3. The standard InChI is InChI=1S/C20H25N3O6S2/c1-2-7-29-13-5-6-23(17(24)11-30-12-18(25)26)16(9-13)20(28)22-15(19(21)27)10-14-4-3-8-31-14/h1,3-4,8,13,15-16H,5-7,9-12H2,(H2,21,27)(H,22,28)(H,25,26)/t13-,15+,16+/m1/s1. The average molecular weight is 468 g/mol. The fourth-order valence-electron chi connectivity index (χ4n) is 3.23. The molecule has 3 amide bonds. The molecule has 168 valence electrons. The Morgan fingerprint density at radius 2 is 2.19 bits per heavy atom. The number of hydrogen-bond acceptors (Lipinski definition) is 7. The Kier molecular flexibility index (Phi) is 9.84. The predicted molar refractivity (Wildman–Crippen MR) is 117 cm³/mol. The minimum Gasteiger partial charge on any atom is -0.481 e.